The third kappa shape index (κ3) is 6.46. The van der Waals surface area contributed by atoms with Gasteiger partial charge in [-0.05, 0) is 109 Å². The lowest BCUT2D eigenvalue weighted by atomic mass is 9.49. The average molecular weight is 578 g/mol. The molecular weight excluding hydrogens is 538 g/mol. The minimum atomic E-state index is -0.372. The summed E-state index contributed by atoms with van der Waals surface area (Å²) in [5.41, 5.74) is 3.61. The summed E-state index contributed by atoms with van der Waals surface area (Å²) in [6, 6.07) is 13.3. The van der Waals surface area contributed by atoms with E-state index in [4.69, 9.17) is 16.3 Å². The molecule has 41 heavy (non-hydrogen) atoms. The molecule has 2 aromatic rings. The molecule has 4 bridgehead atoms. The highest BCUT2D eigenvalue weighted by Crippen LogP contribution is 2.61. The van der Waals surface area contributed by atoms with Crippen LogP contribution in [-0.2, 0) is 20.9 Å². The zero-order valence-corrected chi connectivity index (χ0v) is 24.6. The van der Waals surface area contributed by atoms with Gasteiger partial charge in [-0.25, -0.2) is 4.79 Å². The van der Waals surface area contributed by atoms with Crippen LogP contribution in [0, 0.1) is 23.2 Å². The number of piperazine rings is 1. The molecule has 1 saturated heterocycles. The minimum Gasteiger partial charge on any atom is -0.465 e. The zero-order valence-electron chi connectivity index (χ0n) is 23.9. The maximum Gasteiger partial charge on any atom is 0.337 e. The van der Waals surface area contributed by atoms with Gasteiger partial charge in [0.05, 0.1) is 19.2 Å². The molecule has 7 rings (SSSR count). The number of methoxy groups -OCH3 is 1. The van der Waals surface area contributed by atoms with Gasteiger partial charge in [0.1, 0.15) is 0 Å². The number of benzene rings is 2. The van der Waals surface area contributed by atoms with Crippen molar-refractivity contribution in [3.63, 3.8) is 0 Å². The lowest BCUT2D eigenvalue weighted by Crippen LogP contribution is -2.51. The van der Waals surface area contributed by atoms with Crippen molar-refractivity contribution in [2.24, 2.45) is 23.2 Å². The molecule has 1 aliphatic heterocycles. The highest BCUT2D eigenvalue weighted by molar-refractivity contribution is 6.31. The smallest absolute Gasteiger partial charge is 0.337 e. The number of esters is 1. The number of carbonyl (C=O) groups excluding carboxylic acids is 3. The van der Waals surface area contributed by atoms with Crippen molar-refractivity contribution in [1.82, 2.24) is 15.1 Å². The molecule has 0 spiro atoms. The fraction of sp³-hybridized carbons (Fsp3) is 0.545. The predicted octanol–water partition coefficient (Wildman–Crippen LogP) is 5.16. The number of carbonyl (C=O) groups is 3. The largest absolute Gasteiger partial charge is 0.465 e. The van der Waals surface area contributed by atoms with E-state index in [2.05, 4.69) is 16.3 Å². The van der Waals surface area contributed by atoms with E-state index in [1.165, 1.54) is 45.6 Å². The van der Waals surface area contributed by atoms with Gasteiger partial charge in [0.2, 0.25) is 11.8 Å². The maximum absolute atomic E-state index is 12.9. The van der Waals surface area contributed by atoms with Crippen molar-refractivity contribution in [2.75, 3.05) is 39.8 Å². The fourth-order valence-electron chi connectivity index (χ4n) is 8.46. The van der Waals surface area contributed by atoms with Gasteiger partial charge in [-0.15, -0.1) is 0 Å². The Balaban J connectivity index is 0.982. The van der Waals surface area contributed by atoms with Crippen LogP contribution in [0.3, 0.4) is 0 Å². The number of nitrogens with one attached hydrogen (secondary N) is 1. The Morgan fingerprint density at radius 3 is 2.27 bits per heavy atom. The van der Waals surface area contributed by atoms with E-state index in [0.29, 0.717) is 36.6 Å². The van der Waals surface area contributed by atoms with Gasteiger partial charge in [-0.2, -0.15) is 0 Å². The van der Waals surface area contributed by atoms with Crippen LogP contribution in [0.1, 0.15) is 60.9 Å². The average Bonchev–Trinajstić information content (AvgIpc) is 2.94. The molecule has 4 aliphatic carbocycles. The van der Waals surface area contributed by atoms with Crippen molar-refractivity contribution in [3.05, 3.63) is 58.6 Å². The summed E-state index contributed by atoms with van der Waals surface area (Å²) in [4.78, 5) is 41.9. The van der Waals surface area contributed by atoms with Gasteiger partial charge in [-0.3, -0.25) is 14.5 Å². The summed E-state index contributed by atoms with van der Waals surface area (Å²) in [6.07, 6.45) is 8.31. The molecule has 5 aliphatic rings. The molecule has 7 nitrogen and oxygen atoms in total. The number of rotatable bonds is 8. The summed E-state index contributed by atoms with van der Waals surface area (Å²) in [5.74, 6) is 2.14. The first-order valence-electron chi connectivity index (χ1n) is 15.0. The van der Waals surface area contributed by atoms with Crippen molar-refractivity contribution < 1.29 is 19.1 Å². The molecule has 8 heteroatoms. The Kier molecular flexibility index (Phi) is 8.10. The van der Waals surface area contributed by atoms with E-state index >= 15 is 0 Å². The van der Waals surface area contributed by atoms with Gasteiger partial charge in [0.15, 0.2) is 0 Å². The molecule has 1 N–H and O–H groups in total. The highest BCUT2D eigenvalue weighted by Gasteiger charge is 2.51. The molecule has 218 valence electrons. The minimum absolute atomic E-state index is 0.000887. The molecule has 0 radical (unpaired) electrons. The van der Waals surface area contributed by atoms with Gasteiger partial charge in [0.25, 0.3) is 0 Å². The van der Waals surface area contributed by atoms with Crippen LogP contribution >= 0.6 is 11.6 Å². The third-order valence-electron chi connectivity index (χ3n) is 9.84. The standard InChI is InChI=1S/C33H40ClN3O4/c1-41-32(40)27-4-2-3-26(14-27)28-12-25(13-29(34)15-28)21-36-5-7-37(8-6-36)31(39)20-35-30(38)19-33-16-22-9-23(17-33)11-24(10-22)18-33/h2-4,12-15,22-24H,5-11,16-21H2,1H3,(H,35,38). The van der Waals surface area contributed by atoms with Gasteiger partial charge in [0, 0.05) is 44.2 Å². The Bertz CT molecular complexity index is 1280. The van der Waals surface area contributed by atoms with Gasteiger partial charge < -0.3 is 15.0 Å². The van der Waals surface area contributed by atoms with Gasteiger partial charge >= 0.3 is 5.97 Å². The molecule has 5 fully saturated rings. The second-order valence-electron chi connectivity index (χ2n) is 12.9. The monoisotopic (exact) mass is 577 g/mol. The van der Waals surface area contributed by atoms with E-state index in [1.54, 1.807) is 6.07 Å². The Morgan fingerprint density at radius 2 is 1.61 bits per heavy atom. The first-order valence-corrected chi connectivity index (χ1v) is 15.4. The number of nitrogens with zero attached hydrogens (tertiary/aromatic N) is 2. The maximum atomic E-state index is 12.9. The van der Waals surface area contributed by atoms with E-state index in [-0.39, 0.29) is 29.7 Å². The molecule has 2 aromatic carbocycles. The summed E-state index contributed by atoms with van der Waals surface area (Å²) in [7, 11) is 1.37. The van der Waals surface area contributed by atoms with E-state index in [0.717, 1.165) is 47.5 Å². The topological polar surface area (TPSA) is 79.0 Å². The highest BCUT2D eigenvalue weighted by atomic mass is 35.5. The van der Waals surface area contributed by atoms with E-state index < -0.39 is 0 Å². The number of ether oxygens (including phenoxy) is 1. The molecule has 0 atom stereocenters. The quantitative estimate of drug-likeness (QED) is 0.439. The Hall–Kier alpha value is -2.90. The van der Waals surface area contributed by atoms with Crippen LogP contribution in [0.4, 0.5) is 0 Å². The van der Waals surface area contributed by atoms with Crippen LogP contribution in [0.5, 0.6) is 0 Å². The molecule has 4 saturated carbocycles. The second kappa shape index (κ2) is 11.8. The number of hydrogen-bond donors (Lipinski definition) is 1. The number of amides is 2. The lowest BCUT2D eigenvalue weighted by Gasteiger charge is -2.56. The summed E-state index contributed by atoms with van der Waals surface area (Å²) >= 11 is 6.47. The molecule has 0 aromatic heterocycles. The Labute approximate surface area is 247 Å². The third-order valence-corrected chi connectivity index (χ3v) is 10.1. The zero-order chi connectivity index (χ0) is 28.6. The lowest BCUT2D eigenvalue weighted by molar-refractivity contribution is -0.136. The molecule has 2 amide bonds. The van der Waals surface area contributed by atoms with Crippen LogP contribution < -0.4 is 5.32 Å². The SMILES string of the molecule is COC(=O)c1cccc(-c2cc(Cl)cc(CN3CCN(C(=O)CNC(=O)CC45CC6CC(CC(C6)C4)C5)CC3)c2)c1. The second-order valence-corrected chi connectivity index (χ2v) is 13.4. The summed E-state index contributed by atoms with van der Waals surface area (Å²) in [6.45, 7) is 3.59. The Morgan fingerprint density at radius 1 is 0.927 bits per heavy atom. The first-order chi connectivity index (χ1) is 19.8. The van der Waals surface area contributed by atoms with Crippen molar-refractivity contribution >= 4 is 29.4 Å². The van der Waals surface area contributed by atoms with Crippen molar-refractivity contribution in [2.45, 2.75) is 51.5 Å². The molecule has 1 heterocycles. The number of hydrogen-bond acceptors (Lipinski definition) is 5. The van der Waals surface area contributed by atoms with E-state index in [9.17, 15) is 14.4 Å². The number of halogens is 1. The predicted molar refractivity (Wildman–Crippen MR) is 158 cm³/mol. The molecule has 0 unspecified atom stereocenters. The van der Waals surface area contributed by atoms with E-state index in [1.807, 2.05) is 35.2 Å². The van der Waals surface area contributed by atoms with Crippen LogP contribution in [0.25, 0.3) is 11.1 Å². The fourth-order valence-corrected chi connectivity index (χ4v) is 8.72. The van der Waals surface area contributed by atoms with Crippen molar-refractivity contribution in [1.29, 1.82) is 0 Å². The summed E-state index contributed by atoms with van der Waals surface area (Å²) < 4.78 is 4.86. The van der Waals surface area contributed by atoms with Gasteiger partial charge in [-0.1, -0.05) is 23.7 Å². The van der Waals surface area contributed by atoms with Crippen LogP contribution in [0.15, 0.2) is 42.5 Å². The van der Waals surface area contributed by atoms with Crippen LogP contribution in [-0.4, -0.2) is 67.4 Å². The summed E-state index contributed by atoms with van der Waals surface area (Å²) in [5, 5.41) is 3.60. The first kappa shape index (κ1) is 28.2. The van der Waals surface area contributed by atoms with Crippen molar-refractivity contribution in [3.8, 4) is 11.1 Å². The normalized spacial score (nSPS) is 27.1. The van der Waals surface area contributed by atoms with Crippen LogP contribution in [0.2, 0.25) is 5.02 Å². The molecular formula is C33H40ClN3O4.